The second-order valence-electron chi connectivity index (χ2n) is 9.44. The van der Waals surface area contributed by atoms with Gasteiger partial charge in [-0.05, 0) is 28.0 Å². The molecule has 196 valence electrons. The Bertz CT molecular complexity index is 1370. The normalized spacial score (nSPS) is 11.6. The van der Waals surface area contributed by atoms with Gasteiger partial charge in [0.2, 0.25) is 0 Å². The maximum Gasteiger partial charge on any atom is 0.319 e. The highest BCUT2D eigenvalue weighted by Crippen LogP contribution is 2.37. The molecule has 0 fully saturated rings. The van der Waals surface area contributed by atoms with Gasteiger partial charge in [0, 0.05) is 49.4 Å². The molecule has 0 aliphatic heterocycles. The zero-order valence-electron chi connectivity index (χ0n) is 20.4. The molecule has 0 aliphatic rings. The van der Waals surface area contributed by atoms with E-state index in [1.165, 1.54) is 18.5 Å². The Labute approximate surface area is 220 Å². The molecule has 2 amide bonds. The molecular weight excluding hydrogens is 568 g/mol. The third kappa shape index (κ3) is 6.90. The van der Waals surface area contributed by atoms with Crippen LogP contribution in [0.4, 0.5) is 19.3 Å². The highest BCUT2D eigenvalue weighted by atomic mass is 79.9. The number of nitrogens with zero attached hydrogens (tertiary/aromatic N) is 4. The molecule has 1 aromatic carbocycles. The molecule has 0 bridgehead atoms. The lowest BCUT2D eigenvalue weighted by atomic mass is 10.2. The summed E-state index contributed by atoms with van der Waals surface area (Å²) < 4.78 is 43.6. The van der Waals surface area contributed by atoms with Crippen molar-refractivity contribution in [3.63, 3.8) is 0 Å². The number of carbonyl (C=O) groups excluding carboxylic acids is 1. The smallest absolute Gasteiger partial charge is 0.319 e. The number of aromatic nitrogens is 5. The second kappa shape index (κ2) is 11.4. The van der Waals surface area contributed by atoms with Crippen molar-refractivity contribution < 1.29 is 23.0 Å². The fraction of sp³-hybridized carbons (Fsp3) is 0.304. The molecule has 0 radical (unpaired) electrons. The summed E-state index contributed by atoms with van der Waals surface area (Å²) in [7, 11) is -1.22. The predicted molar refractivity (Wildman–Crippen MR) is 140 cm³/mol. The summed E-state index contributed by atoms with van der Waals surface area (Å²) >= 11 is 3.49. The number of anilines is 1. The molecule has 3 N–H and O–H groups in total. The van der Waals surface area contributed by atoms with Crippen LogP contribution in [0.25, 0.3) is 11.0 Å². The van der Waals surface area contributed by atoms with E-state index in [-0.39, 0.29) is 24.7 Å². The van der Waals surface area contributed by atoms with Gasteiger partial charge in [-0.25, -0.2) is 18.6 Å². The quantitative estimate of drug-likeness (QED) is 0.162. The minimum Gasteiger partial charge on any atom is -0.450 e. The Morgan fingerprint density at radius 3 is 2.68 bits per heavy atom. The van der Waals surface area contributed by atoms with E-state index in [1.807, 2.05) is 0 Å². The molecular formula is C23H26BrF2N7O3Si. The lowest BCUT2D eigenvalue weighted by Gasteiger charge is -2.15. The highest BCUT2D eigenvalue weighted by Gasteiger charge is 2.19. The lowest BCUT2D eigenvalue weighted by Crippen LogP contribution is -2.28. The fourth-order valence-corrected chi connectivity index (χ4v) is 4.74. The highest BCUT2D eigenvalue weighted by molar-refractivity contribution is 9.10. The standard InChI is InChI=1S/C23H26BrF2N7O3Si/c1-37(2,3)7-6-35-13-33-12-16(24)20-19(4-5-27-22(20)33)36-21-17(25)8-14(9-18(21)26)30-23(34)28-10-15-11-29-32-31-15/h4-5,8-9,11-12H,6-7,10,13H2,1-3H3,(H2,28,30,34)(H,29,31,32). The molecule has 37 heavy (non-hydrogen) atoms. The molecule has 10 nitrogen and oxygen atoms in total. The van der Waals surface area contributed by atoms with Crippen LogP contribution in [0.3, 0.4) is 0 Å². The van der Waals surface area contributed by atoms with Gasteiger partial charge in [-0.1, -0.05) is 19.6 Å². The van der Waals surface area contributed by atoms with Crippen LogP contribution in [-0.2, 0) is 18.0 Å². The molecule has 3 aromatic heterocycles. The number of amides is 2. The largest absolute Gasteiger partial charge is 0.450 e. The molecule has 3 heterocycles. The van der Waals surface area contributed by atoms with E-state index in [0.717, 1.165) is 18.2 Å². The first-order chi connectivity index (χ1) is 17.6. The monoisotopic (exact) mass is 593 g/mol. The maximum absolute atomic E-state index is 14.9. The molecule has 0 saturated heterocycles. The molecule has 4 aromatic rings. The van der Waals surface area contributed by atoms with Crippen LogP contribution in [0.1, 0.15) is 5.69 Å². The Morgan fingerprint density at radius 1 is 1.24 bits per heavy atom. The number of fused-ring (bicyclic) bond motifs is 1. The van der Waals surface area contributed by atoms with E-state index in [4.69, 9.17) is 9.47 Å². The van der Waals surface area contributed by atoms with Crippen molar-refractivity contribution in [3.05, 3.63) is 58.6 Å². The van der Waals surface area contributed by atoms with Crippen molar-refractivity contribution in [2.75, 3.05) is 11.9 Å². The van der Waals surface area contributed by atoms with Gasteiger partial charge < -0.3 is 24.7 Å². The van der Waals surface area contributed by atoms with Crippen LogP contribution < -0.4 is 15.4 Å². The van der Waals surface area contributed by atoms with E-state index < -0.39 is 31.5 Å². The number of halogens is 3. The van der Waals surface area contributed by atoms with Crippen LogP contribution in [0.2, 0.25) is 25.7 Å². The van der Waals surface area contributed by atoms with Gasteiger partial charge in [0.25, 0.3) is 0 Å². The molecule has 0 saturated carbocycles. The summed E-state index contributed by atoms with van der Waals surface area (Å²) in [5.41, 5.74) is 0.959. The first kappa shape index (κ1) is 26.7. The number of urea groups is 1. The summed E-state index contributed by atoms with van der Waals surface area (Å²) in [4.78, 5) is 16.4. The third-order valence-corrected chi connectivity index (χ3v) is 7.57. The summed E-state index contributed by atoms with van der Waals surface area (Å²) in [6.07, 6.45) is 4.72. The van der Waals surface area contributed by atoms with E-state index in [1.54, 1.807) is 10.8 Å². The van der Waals surface area contributed by atoms with Crippen molar-refractivity contribution in [3.8, 4) is 11.5 Å². The lowest BCUT2D eigenvalue weighted by molar-refractivity contribution is 0.0898. The average molecular weight is 594 g/mol. The Kier molecular flexibility index (Phi) is 8.19. The number of H-pyrrole nitrogens is 1. The SMILES string of the molecule is C[Si](C)(C)CCOCn1cc(Br)c2c(Oc3c(F)cc(NC(=O)NCc4cn[nH]n4)cc3F)ccnc21. The van der Waals surface area contributed by atoms with Gasteiger partial charge >= 0.3 is 6.03 Å². The molecule has 0 unspecified atom stereocenters. The average Bonchev–Trinajstić information content (AvgIpc) is 3.45. The van der Waals surface area contributed by atoms with Gasteiger partial charge in [0.1, 0.15) is 23.8 Å². The van der Waals surface area contributed by atoms with E-state index in [9.17, 15) is 13.6 Å². The van der Waals surface area contributed by atoms with E-state index in [2.05, 4.69) is 66.6 Å². The van der Waals surface area contributed by atoms with Gasteiger partial charge in [0.05, 0.1) is 18.1 Å². The van der Waals surface area contributed by atoms with Crippen LogP contribution in [0.15, 0.2) is 41.3 Å². The van der Waals surface area contributed by atoms with Crippen LogP contribution in [0, 0.1) is 11.6 Å². The Balaban J connectivity index is 1.47. The number of ether oxygens (including phenoxy) is 2. The Hall–Kier alpha value is -3.36. The van der Waals surface area contributed by atoms with Crippen molar-refractivity contribution in [1.82, 2.24) is 30.3 Å². The van der Waals surface area contributed by atoms with Gasteiger partial charge in [-0.2, -0.15) is 15.4 Å². The van der Waals surface area contributed by atoms with Crippen LogP contribution >= 0.6 is 15.9 Å². The minimum atomic E-state index is -1.22. The molecule has 4 rings (SSSR count). The number of pyridine rings is 1. The number of benzene rings is 1. The number of aromatic amines is 1. The second-order valence-corrected chi connectivity index (χ2v) is 15.9. The van der Waals surface area contributed by atoms with Crippen LogP contribution in [-0.4, -0.2) is 45.7 Å². The fourth-order valence-electron chi connectivity index (χ4n) is 3.36. The molecule has 0 aliphatic carbocycles. The Morgan fingerprint density at radius 2 is 2.00 bits per heavy atom. The summed E-state index contributed by atoms with van der Waals surface area (Å²) in [6.45, 7) is 7.84. The van der Waals surface area contributed by atoms with E-state index in [0.29, 0.717) is 27.8 Å². The van der Waals surface area contributed by atoms with Gasteiger partial charge in [0.15, 0.2) is 17.4 Å². The summed E-state index contributed by atoms with van der Waals surface area (Å²) in [5.74, 6) is -2.36. The van der Waals surface area contributed by atoms with Crippen molar-refractivity contribution >= 4 is 46.8 Å². The van der Waals surface area contributed by atoms with Crippen LogP contribution in [0.5, 0.6) is 11.5 Å². The number of hydrogen-bond acceptors (Lipinski definition) is 6. The summed E-state index contributed by atoms with van der Waals surface area (Å²) in [6, 6.07) is 3.83. The van der Waals surface area contributed by atoms with E-state index >= 15 is 0 Å². The topological polar surface area (TPSA) is 119 Å². The zero-order valence-corrected chi connectivity index (χ0v) is 23.0. The van der Waals surface area contributed by atoms with Crippen molar-refractivity contribution in [1.29, 1.82) is 0 Å². The zero-order chi connectivity index (χ0) is 26.6. The molecule has 0 spiro atoms. The predicted octanol–water partition coefficient (Wildman–Crippen LogP) is 5.62. The first-order valence-electron chi connectivity index (χ1n) is 11.4. The third-order valence-electron chi connectivity index (χ3n) is 5.26. The maximum atomic E-state index is 14.9. The number of carbonyl (C=O) groups is 1. The number of rotatable bonds is 10. The van der Waals surface area contributed by atoms with Gasteiger partial charge in [-0.3, -0.25) is 0 Å². The van der Waals surface area contributed by atoms with Gasteiger partial charge in [-0.15, -0.1) is 0 Å². The molecule has 0 atom stereocenters. The molecule has 14 heteroatoms. The first-order valence-corrected chi connectivity index (χ1v) is 15.9. The van der Waals surface area contributed by atoms with Crippen molar-refractivity contribution in [2.45, 2.75) is 39.0 Å². The summed E-state index contributed by atoms with van der Waals surface area (Å²) in [5, 5.41) is 15.3. The number of nitrogens with one attached hydrogen (secondary N) is 3. The minimum absolute atomic E-state index is 0.0809. The van der Waals surface area contributed by atoms with Crippen molar-refractivity contribution in [2.24, 2.45) is 0 Å². The number of hydrogen-bond donors (Lipinski definition) is 3.